The van der Waals surface area contributed by atoms with E-state index < -0.39 is 31.7 Å². The number of nitrogens with zero attached hydrogens (tertiary/aromatic N) is 2. The van der Waals surface area contributed by atoms with Crippen LogP contribution in [0.2, 0.25) is 5.02 Å². The first kappa shape index (κ1) is 43.2. The van der Waals surface area contributed by atoms with Crippen molar-refractivity contribution in [1.29, 1.82) is 0 Å². The fraction of sp³-hybridized carbons (Fsp3) is 0.341. The first-order valence-electron chi connectivity index (χ1n) is 18.0. The van der Waals surface area contributed by atoms with Crippen LogP contribution < -0.4 is 9.63 Å². The number of rotatable bonds is 18. The number of benzene rings is 3. The summed E-state index contributed by atoms with van der Waals surface area (Å²) in [6.07, 6.45) is 9.98. The Morgan fingerprint density at radius 1 is 1.11 bits per heavy atom. The molecule has 0 bridgehead atoms. The number of carbonyl (C=O) groups is 1. The predicted octanol–water partition coefficient (Wildman–Crippen LogP) is 10.9. The second-order valence-corrected chi connectivity index (χ2v) is 15.2. The zero-order valence-corrected chi connectivity index (χ0v) is 33.1. The second-order valence-electron chi connectivity index (χ2n) is 13.2. The van der Waals surface area contributed by atoms with Crippen molar-refractivity contribution in [2.24, 2.45) is 4.91 Å². The van der Waals surface area contributed by atoms with E-state index in [0.29, 0.717) is 54.3 Å². The highest BCUT2D eigenvalue weighted by atomic mass is 35.5. The van der Waals surface area contributed by atoms with Crippen LogP contribution in [0.3, 0.4) is 0 Å². The summed E-state index contributed by atoms with van der Waals surface area (Å²) in [6.45, 7) is 1.07. The number of ether oxygens (including phenoxy) is 2. The molecule has 5 rings (SSSR count). The van der Waals surface area contributed by atoms with Crippen LogP contribution >= 0.6 is 31.5 Å². The molecule has 2 aliphatic carbocycles. The van der Waals surface area contributed by atoms with Crippen molar-refractivity contribution >= 4 is 37.5 Å². The number of allylic oxidation sites excluding steroid dienone is 6. The maximum Gasteiger partial charge on any atom is 0.425 e. The molecular formula is C41H42ClF4N2O6PS. The van der Waals surface area contributed by atoms with Gasteiger partial charge in [-0.2, -0.15) is 13.2 Å². The summed E-state index contributed by atoms with van der Waals surface area (Å²) in [5.41, 5.74) is 2.69. The minimum atomic E-state index is -4.59. The molecule has 0 fully saturated rings. The smallest absolute Gasteiger partial charge is 0.425 e. The first-order valence-corrected chi connectivity index (χ1v) is 20.7. The SMILES string of the molecule is CSc1cc(OCCCN(Cc2cccc(C(F)(F)F)c2Cl)CC(C2=CCCC=C2)c2ccccc2)cc(F)c1COC(=O)CC1=CC=C(O[P+]([O-])=NO)CC1. The van der Waals surface area contributed by atoms with Gasteiger partial charge in [-0.1, -0.05) is 83.9 Å². The number of carbonyl (C=O) groups excluding carboxylic acids is 1. The number of halogens is 5. The van der Waals surface area contributed by atoms with E-state index >= 15 is 4.39 Å². The summed E-state index contributed by atoms with van der Waals surface area (Å²) < 4.78 is 73.1. The molecule has 0 saturated heterocycles. The largest absolute Gasteiger partial charge is 0.574 e. The Kier molecular flexibility index (Phi) is 16.2. The third-order valence-corrected chi connectivity index (χ3v) is 11.1. The van der Waals surface area contributed by atoms with Crippen molar-refractivity contribution in [2.75, 3.05) is 26.0 Å². The van der Waals surface area contributed by atoms with Crippen LogP contribution in [0, 0.1) is 5.82 Å². The van der Waals surface area contributed by atoms with Gasteiger partial charge in [-0.15, -0.1) is 11.8 Å². The summed E-state index contributed by atoms with van der Waals surface area (Å²) in [5, 5.41) is 8.21. The summed E-state index contributed by atoms with van der Waals surface area (Å²) >= 11 is 7.64. The van der Waals surface area contributed by atoms with Crippen molar-refractivity contribution in [2.45, 2.75) is 68.7 Å². The van der Waals surface area contributed by atoms with Crippen LogP contribution in [0.4, 0.5) is 17.6 Å². The van der Waals surface area contributed by atoms with Crippen LogP contribution in [-0.4, -0.2) is 42.0 Å². The Hall–Kier alpha value is -3.97. The van der Waals surface area contributed by atoms with E-state index in [1.807, 2.05) is 18.2 Å². The van der Waals surface area contributed by atoms with E-state index in [0.717, 1.165) is 35.6 Å². The molecule has 0 radical (unpaired) electrons. The highest BCUT2D eigenvalue weighted by Crippen LogP contribution is 2.38. The van der Waals surface area contributed by atoms with Gasteiger partial charge in [0.1, 0.15) is 18.2 Å². The van der Waals surface area contributed by atoms with Crippen molar-refractivity contribution < 1.29 is 46.5 Å². The van der Waals surface area contributed by atoms with Gasteiger partial charge in [-0.05, 0) is 66.8 Å². The van der Waals surface area contributed by atoms with Gasteiger partial charge >= 0.3 is 20.3 Å². The molecule has 0 aliphatic heterocycles. The van der Waals surface area contributed by atoms with Crippen LogP contribution in [0.25, 0.3) is 0 Å². The fourth-order valence-electron chi connectivity index (χ4n) is 6.50. The molecule has 15 heteroatoms. The molecule has 3 aromatic rings. The average molecular weight is 833 g/mol. The van der Waals surface area contributed by atoms with Crippen LogP contribution in [0.15, 0.2) is 118 Å². The molecule has 2 unspecified atom stereocenters. The third kappa shape index (κ3) is 12.5. The molecule has 1 N–H and O–H groups in total. The molecule has 2 aliphatic rings. The Bertz CT molecular complexity index is 1990. The number of alkyl halides is 3. The Morgan fingerprint density at radius 2 is 1.91 bits per heavy atom. The minimum absolute atomic E-state index is 0.0188. The molecule has 0 spiro atoms. The van der Waals surface area contributed by atoms with Gasteiger partial charge in [0.25, 0.3) is 0 Å². The van der Waals surface area contributed by atoms with Gasteiger partial charge in [0.15, 0.2) is 5.76 Å². The number of hydrogen-bond acceptors (Lipinski definition) is 8. The van der Waals surface area contributed by atoms with E-state index in [1.54, 1.807) is 30.5 Å². The average Bonchev–Trinajstić information content (AvgIpc) is 3.19. The first-order chi connectivity index (χ1) is 26.9. The lowest BCUT2D eigenvalue weighted by atomic mass is 9.87. The Balaban J connectivity index is 1.23. The molecular weight excluding hydrogens is 791 g/mol. The standard InChI is InChI=1S/C41H42ClF4N2O6PS/c1-56-38-24-33(23-37(43)35(38)27-53-39(49)22-28-16-18-32(19-17-28)54-55(51)47-50)52-21-9-20-48(25-31-14-8-15-36(40(31)42)41(44,45)46)26-34(29-10-4-2-5-11-29)30-12-6-3-7-13-30/h2,4-6,8,10-16,18,23-24,34,50H,3,7,9,17,19-22,25-27H2,1H3. The molecule has 0 saturated carbocycles. The van der Waals surface area contributed by atoms with Crippen LogP contribution in [0.5, 0.6) is 5.75 Å². The molecule has 56 heavy (non-hydrogen) atoms. The molecule has 0 aromatic heterocycles. The third-order valence-electron chi connectivity index (χ3n) is 9.30. The Morgan fingerprint density at radius 3 is 2.59 bits per heavy atom. The normalized spacial score (nSPS) is 15.2. The van der Waals surface area contributed by atoms with Crippen molar-refractivity contribution in [3.8, 4) is 5.75 Å². The van der Waals surface area contributed by atoms with Gasteiger partial charge in [0.05, 0.1) is 28.5 Å². The lowest BCUT2D eigenvalue weighted by Gasteiger charge is -2.30. The van der Waals surface area contributed by atoms with Crippen molar-refractivity contribution in [1.82, 2.24) is 4.90 Å². The van der Waals surface area contributed by atoms with E-state index in [1.165, 1.54) is 23.9 Å². The van der Waals surface area contributed by atoms with Crippen LogP contribution in [0.1, 0.15) is 66.7 Å². The summed E-state index contributed by atoms with van der Waals surface area (Å²) in [4.78, 5) is 29.1. The molecule has 3 aromatic carbocycles. The van der Waals surface area contributed by atoms with Gasteiger partial charge in [-0.25, -0.2) is 9.60 Å². The lowest BCUT2D eigenvalue weighted by molar-refractivity contribution is -0.175. The lowest BCUT2D eigenvalue weighted by Crippen LogP contribution is -2.31. The summed E-state index contributed by atoms with van der Waals surface area (Å²) in [5.74, 6) is -0.510. The Labute approximate surface area is 334 Å². The van der Waals surface area contributed by atoms with Crippen molar-refractivity contribution in [3.05, 3.63) is 141 Å². The molecule has 2 atom stereocenters. The quantitative estimate of drug-likeness (QED) is 0.0337. The second kappa shape index (κ2) is 21.0. The highest BCUT2D eigenvalue weighted by Gasteiger charge is 2.34. The maximum absolute atomic E-state index is 15.4. The molecule has 0 amide bonds. The van der Waals surface area contributed by atoms with E-state index in [-0.39, 0.29) is 42.7 Å². The van der Waals surface area contributed by atoms with Gasteiger partial charge in [0, 0.05) is 48.5 Å². The molecule has 8 nitrogen and oxygen atoms in total. The predicted molar refractivity (Wildman–Crippen MR) is 208 cm³/mol. The zero-order chi connectivity index (χ0) is 40.1. The summed E-state index contributed by atoms with van der Waals surface area (Å²) in [6, 6.07) is 16.9. The van der Waals surface area contributed by atoms with Gasteiger partial charge in [0.2, 0.25) is 0 Å². The van der Waals surface area contributed by atoms with Gasteiger partial charge in [-0.3, -0.25) is 14.2 Å². The molecule has 0 heterocycles. The monoisotopic (exact) mass is 832 g/mol. The number of esters is 1. The fourth-order valence-corrected chi connectivity index (χ4v) is 7.82. The molecule has 298 valence electrons. The topological polar surface area (TPSA) is 104 Å². The van der Waals surface area contributed by atoms with E-state index in [4.69, 9.17) is 30.8 Å². The number of thioether (sulfide) groups is 1. The van der Waals surface area contributed by atoms with E-state index in [2.05, 4.69) is 40.2 Å². The van der Waals surface area contributed by atoms with Gasteiger partial charge < -0.3 is 14.4 Å². The minimum Gasteiger partial charge on any atom is -0.574 e. The summed E-state index contributed by atoms with van der Waals surface area (Å²) in [7, 11) is -2.55. The zero-order valence-electron chi connectivity index (χ0n) is 30.6. The highest BCUT2D eigenvalue weighted by molar-refractivity contribution is 7.98. The number of hydrogen-bond donors (Lipinski definition) is 1. The van der Waals surface area contributed by atoms with E-state index in [9.17, 15) is 22.9 Å². The maximum atomic E-state index is 15.4. The van der Waals surface area contributed by atoms with Crippen LogP contribution in [-0.2, 0) is 33.4 Å². The van der Waals surface area contributed by atoms with Crippen molar-refractivity contribution in [3.63, 3.8) is 0 Å².